The molecule has 1 heterocycles. The Labute approximate surface area is 123 Å². The highest BCUT2D eigenvalue weighted by Crippen LogP contribution is 2.22. The van der Waals surface area contributed by atoms with Gasteiger partial charge in [-0.05, 0) is 57.1 Å². The van der Waals surface area contributed by atoms with E-state index in [0.717, 1.165) is 32.5 Å². The van der Waals surface area contributed by atoms with Crippen LogP contribution in [-0.4, -0.2) is 37.5 Å². The van der Waals surface area contributed by atoms with Gasteiger partial charge in [-0.25, -0.2) is 0 Å². The van der Waals surface area contributed by atoms with Crippen LogP contribution >= 0.6 is 23.2 Å². The summed E-state index contributed by atoms with van der Waals surface area (Å²) in [5.41, 5.74) is 0.558. The summed E-state index contributed by atoms with van der Waals surface area (Å²) in [5, 5.41) is 3.85. The number of hydrogen-bond donors (Lipinski definition) is 1. The second kappa shape index (κ2) is 6.60. The molecule has 1 N–H and O–H groups in total. The summed E-state index contributed by atoms with van der Waals surface area (Å²) in [6, 6.07) is 4.94. The maximum Gasteiger partial charge on any atom is 0.251 e. The lowest BCUT2D eigenvalue weighted by molar-refractivity contribution is 0.0939. The van der Waals surface area contributed by atoms with E-state index >= 15 is 0 Å². The molecule has 1 aliphatic heterocycles. The number of amides is 1. The van der Waals surface area contributed by atoms with Crippen molar-refractivity contribution >= 4 is 29.1 Å². The number of halogens is 2. The van der Waals surface area contributed by atoms with Crippen LogP contribution in [0.4, 0.5) is 0 Å². The van der Waals surface area contributed by atoms with Crippen molar-refractivity contribution in [3.05, 3.63) is 33.8 Å². The Kier molecular flexibility index (Phi) is 5.08. The van der Waals surface area contributed by atoms with E-state index in [-0.39, 0.29) is 5.91 Å². The maximum absolute atomic E-state index is 12.0. The van der Waals surface area contributed by atoms with Crippen molar-refractivity contribution in [2.24, 2.45) is 5.92 Å². The molecule has 0 spiro atoms. The van der Waals surface area contributed by atoms with Crippen LogP contribution < -0.4 is 5.32 Å². The average Bonchev–Trinajstić information content (AvgIpc) is 2.41. The Hall–Kier alpha value is -0.770. The van der Waals surface area contributed by atoms with E-state index in [2.05, 4.69) is 17.3 Å². The van der Waals surface area contributed by atoms with Crippen molar-refractivity contribution in [1.82, 2.24) is 10.2 Å². The van der Waals surface area contributed by atoms with Crippen LogP contribution in [0.1, 0.15) is 23.2 Å². The molecule has 2 rings (SSSR count). The van der Waals surface area contributed by atoms with E-state index in [1.165, 1.54) is 0 Å². The van der Waals surface area contributed by atoms with Crippen LogP contribution in [0, 0.1) is 5.92 Å². The first kappa shape index (κ1) is 14.6. The van der Waals surface area contributed by atoms with Crippen molar-refractivity contribution < 1.29 is 4.79 Å². The number of nitrogens with zero attached hydrogens (tertiary/aromatic N) is 1. The topological polar surface area (TPSA) is 32.3 Å². The summed E-state index contributed by atoms with van der Waals surface area (Å²) in [6.45, 7) is 2.94. The molecule has 5 heteroatoms. The minimum atomic E-state index is -0.0857. The third-order valence-corrected chi connectivity index (χ3v) is 4.31. The number of rotatable bonds is 3. The van der Waals surface area contributed by atoms with Crippen molar-refractivity contribution in [1.29, 1.82) is 0 Å². The second-order valence-corrected chi connectivity index (χ2v) is 5.90. The molecule has 0 aromatic heterocycles. The third-order valence-electron chi connectivity index (χ3n) is 3.57. The van der Waals surface area contributed by atoms with Gasteiger partial charge in [0.2, 0.25) is 0 Å². The van der Waals surface area contributed by atoms with Crippen molar-refractivity contribution in [3.8, 4) is 0 Å². The lowest BCUT2D eigenvalue weighted by atomic mass is 9.97. The average molecular weight is 301 g/mol. The van der Waals surface area contributed by atoms with Crippen LogP contribution in [0.3, 0.4) is 0 Å². The van der Waals surface area contributed by atoms with Gasteiger partial charge >= 0.3 is 0 Å². The summed E-state index contributed by atoms with van der Waals surface area (Å²) in [6.07, 6.45) is 2.27. The summed E-state index contributed by atoms with van der Waals surface area (Å²) < 4.78 is 0. The molecule has 0 aliphatic carbocycles. The number of hydrogen-bond acceptors (Lipinski definition) is 2. The number of nitrogens with one attached hydrogen (secondary N) is 1. The SMILES string of the molecule is CN1CCC(CNC(=O)c2ccc(Cl)c(Cl)c2)CC1. The molecule has 1 aromatic rings. The zero-order chi connectivity index (χ0) is 13.8. The Morgan fingerprint density at radius 3 is 2.63 bits per heavy atom. The zero-order valence-corrected chi connectivity index (χ0v) is 12.5. The van der Waals surface area contributed by atoms with E-state index in [9.17, 15) is 4.79 Å². The molecule has 19 heavy (non-hydrogen) atoms. The van der Waals surface area contributed by atoms with Gasteiger partial charge in [-0.15, -0.1) is 0 Å². The predicted molar refractivity (Wildman–Crippen MR) is 79.0 cm³/mol. The standard InChI is InChI=1S/C14H18Cl2N2O/c1-18-6-4-10(5-7-18)9-17-14(19)11-2-3-12(15)13(16)8-11/h2-3,8,10H,4-7,9H2,1H3,(H,17,19). The molecular weight excluding hydrogens is 283 g/mol. The smallest absolute Gasteiger partial charge is 0.251 e. The maximum atomic E-state index is 12.0. The number of carbonyl (C=O) groups excluding carboxylic acids is 1. The Balaban J connectivity index is 1.85. The van der Waals surface area contributed by atoms with Crippen molar-refractivity contribution in [3.63, 3.8) is 0 Å². The Bertz CT molecular complexity index is 457. The lowest BCUT2D eigenvalue weighted by Crippen LogP contribution is -2.36. The minimum absolute atomic E-state index is 0.0857. The lowest BCUT2D eigenvalue weighted by Gasteiger charge is -2.28. The fraction of sp³-hybridized carbons (Fsp3) is 0.500. The molecule has 1 aliphatic rings. The van der Waals surface area contributed by atoms with Gasteiger partial charge in [0.05, 0.1) is 10.0 Å². The molecule has 0 radical (unpaired) electrons. The van der Waals surface area contributed by atoms with E-state index in [4.69, 9.17) is 23.2 Å². The van der Waals surface area contributed by atoms with Gasteiger partial charge in [0, 0.05) is 12.1 Å². The largest absolute Gasteiger partial charge is 0.352 e. The molecule has 104 valence electrons. The third kappa shape index (κ3) is 4.10. The Morgan fingerprint density at radius 1 is 1.32 bits per heavy atom. The first-order valence-corrected chi connectivity index (χ1v) is 7.23. The molecular formula is C14H18Cl2N2O. The van der Waals surface area contributed by atoms with E-state index in [1.54, 1.807) is 18.2 Å². The van der Waals surface area contributed by atoms with Gasteiger partial charge in [-0.3, -0.25) is 4.79 Å². The molecule has 1 aromatic carbocycles. The van der Waals surface area contributed by atoms with Crippen molar-refractivity contribution in [2.45, 2.75) is 12.8 Å². The van der Waals surface area contributed by atoms with Crippen LogP contribution in [-0.2, 0) is 0 Å². The summed E-state index contributed by atoms with van der Waals surface area (Å²) >= 11 is 11.7. The van der Waals surface area contributed by atoms with E-state index < -0.39 is 0 Å². The Morgan fingerprint density at radius 2 is 2.00 bits per heavy atom. The summed E-state index contributed by atoms with van der Waals surface area (Å²) in [7, 11) is 2.13. The predicted octanol–water partition coefficient (Wildman–Crippen LogP) is 3.07. The zero-order valence-electron chi connectivity index (χ0n) is 11.0. The van der Waals surface area contributed by atoms with Crippen molar-refractivity contribution in [2.75, 3.05) is 26.7 Å². The molecule has 0 atom stereocenters. The quantitative estimate of drug-likeness (QED) is 0.930. The highest BCUT2D eigenvalue weighted by atomic mass is 35.5. The molecule has 1 saturated heterocycles. The van der Waals surface area contributed by atoms with E-state index in [0.29, 0.717) is 21.5 Å². The van der Waals surface area contributed by atoms with Gasteiger partial charge in [-0.1, -0.05) is 23.2 Å². The van der Waals surface area contributed by atoms with Gasteiger partial charge in [-0.2, -0.15) is 0 Å². The van der Waals surface area contributed by atoms with Gasteiger partial charge in [0.1, 0.15) is 0 Å². The molecule has 0 unspecified atom stereocenters. The molecule has 1 fully saturated rings. The molecule has 0 bridgehead atoms. The molecule has 3 nitrogen and oxygen atoms in total. The van der Waals surface area contributed by atoms with Crippen LogP contribution in [0.15, 0.2) is 18.2 Å². The minimum Gasteiger partial charge on any atom is -0.352 e. The fourth-order valence-electron chi connectivity index (χ4n) is 2.24. The first-order chi connectivity index (χ1) is 9.06. The molecule has 1 amide bonds. The number of carbonyl (C=O) groups is 1. The van der Waals surface area contributed by atoms with E-state index in [1.807, 2.05) is 0 Å². The molecule has 0 saturated carbocycles. The monoisotopic (exact) mass is 300 g/mol. The highest BCUT2D eigenvalue weighted by molar-refractivity contribution is 6.42. The number of likely N-dealkylation sites (tertiary alicyclic amines) is 1. The van der Waals surface area contributed by atoms with Crippen LogP contribution in [0.2, 0.25) is 10.0 Å². The van der Waals surface area contributed by atoms with Gasteiger partial charge < -0.3 is 10.2 Å². The first-order valence-electron chi connectivity index (χ1n) is 6.48. The number of piperidine rings is 1. The highest BCUT2D eigenvalue weighted by Gasteiger charge is 2.17. The summed E-state index contributed by atoms with van der Waals surface area (Å²) in [5.74, 6) is 0.486. The second-order valence-electron chi connectivity index (χ2n) is 5.09. The normalized spacial score (nSPS) is 17.4. The van der Waals surface area contributed by atoms with Crippen LogP contribution in [0.5, 0.6) is 0 Å². The summed E-state index contributed by atoms with van der Waals surface area (Å²) in [4.78, 5) is 14.3. The number of benzene rings is 1. The van der Waals surface area contributed by atoms with Gasteiger partial charge in [0.25, 0.3) is 5.91 Å². The van der Waals surface area contributed by atoms with Gasteiger partial charge in [0.15, 0.2) is 0 Å². The fourth-order valence-corrected chi connectivity index (χ4v) is 2.54. The van der Waals surface area contributed by atoms with Crippen LogP contribution in [0.25, 0.3) is 0 Å².